The summed E-state index contributed by atoms with van der Waals surface area (Å²) in [6, 6.07) is 8.63. The Kier molecular flexibility index (Phi) is 3.61. The number of hydrogen-bond donors (Lipinski definition) is 1. The first-order valence-corrected chi connectivity index (χ1v) is 7.68. The lowest BCUT2D eigenvalue weighted by molar-refractivity contribution is -0.139. The first kappa shape index (κ1) is 14.1. The van der Waals surface area contributed by atoms with E-state index in [4.69, 9.17) is 15.2 Å². The highest BCUT2D eigenvalue weighted by Gasteiger charge is 2.40. The van der Waals surface area contributed by atoms with Gasteiger partial charge in [-0.15, -0.1) is 0 Å². The third-order valence-electron chi connectivity index (χ3n) is 4.84. The molecule has 1 atom stereocenters. The van der Waals surface area contributed by atoms with Crippen LogP contribution < -0.4 is 5.73 Å². The molecule has 1 aromatic carbocycles. The number of hydrogen-bond acceptors (Lipinski definition) is 3. The average molecular weight is 275 g/mol. The van der Waals surface area contributed by atoms with Crippen molar-refractivity contribution in [1.29, 1.82) is 0 Å². The van der Waals surface area contributed by atoms with Gasteiger partial charge in [0.05, 0.1) is 6.61 Å². The molecule has 0 radical (unpaired) electrons. The maximum Gasteiger partial charge on any atom is 0.163 e. The van der Waals surface area contributed by atoms with Crippen molar-refractivity contribution in [3.8, 4) is 0 Å². The van der Waals surface area contributed by atoms with Gasteiger partial charge in [0.15, 0.2) is 5.79 Å². The van der Waals surface area contributed by atoms with Crippen LogP contribution in [0.5, 0.6) is 0 Å². The molecule has 1 aliphatic heterocycles. The Morgan fingerprint density at radius 2 is 1.90 bits per heavy atom. The molecule has 0 spiro atoms. The zero-order valence-electron chi connectivity index (χ0n) is 12.5. The van der Waals surface area contributed by atoms with Gasteiger partial charge in [0, 0.05) is 12.0 Å². The Morgan fingerprint density at radius 1 is 1.20 bits per heavy atom. The monoisotopic (exact) mass is 275 g/mol. The summed E-state index contributed by atoms with van der Waals surface area (Å²) in [6.45, 7) is 5.30. The van der Waals surface area contributed by atoms with E-state index in [0.29, 0.717) is 6.61 Å². The molecule has 2 fully saturated rings. The van der Waals surface area contributed by atoms with Crippen LogP contribution >= 0.6 is 0 Å². The van der Waals surface area contributed by atoms with Crippen molar-refractivity contribution in [2.24, 2.45) is 5.73 Å². The van der Waals surface area contributed by atoms with Gasteiger partial charge in [-0.05, 0) is 37.8 Å². The van der Waals surface area contributed by atoms with E-state index in [9.17, 15) is 0 Å². The summed E-state index contributed by atoms with van der Waals surface area (Å²) in [5, 5.41) is 0. The molecule has 3 heteroatoms. The van der Waals surface area contributed by atoms with E-state index in [1.54, 1.807) is 0 Å². The summed E-state index contributed by atoms with van der Waals surface area (Å²) in [7, 11) is 0. The molecule has 1 aromatic rings. The molecule has 3 rings (SSSR count). The fraction of sp³-hybridized carbons (Fsp3) is 0.647. The largest absolute Gasteiger partial charge is 0.347 e. The zero-order chi connectivity index (χ0) is 14.2. The van der Waals surface area contributed by atoms with Crippen molar-refractivity contribution in [2.75, 3.05) is 13.2 Å². The van der Waals surface area contributed by atoms with Gasteiger partial charge in [0.2, 0.25) is 0 Å². The van der Waals surface area contributed by atoms with Crippen LogP contribution in [0, 0.1) is 0 Å². The minimum absolute atomic E-state index is 0.0326. The van der Waals surface area contributed by atoms with Crippen molar-refractivity contribution < 1.29 is 9.47 Å². The van der Waals surface area contributed by atoms with Crippen molar-refractivity contribution in [2.45, 2.75) is 56.8 Å². The zero-order valence-corrected chi connectivity index (χ0v) is 12.5. The Morgan fingerprint density at radius 3 is 2.50 bits per heavy atom. The van der Waals surface area contributed by atoms with Gasteiger partial charge in [-0.3, -0.25) is 0 Å². The third-order valence-corrected chi connectivity index (χ3v) is 4.84. The Balaban J connectivity index is 1.96. The summed E-state index contributed by atoms with van der Waals surface area (Å²) in [6.07, 6.45) is 4.97. The Bertz CT molecular complexity index is 478. The molecule has 110 valence electrons. The second-order valence-corrected chi connectivity index (χ2v) is 6.60. The van der Waals surface area contributed by atoms with E-state index in [1.807, 2.05) is 13.8 Å². The predicted octanol–water partition coefficient (Wildman–Crippen LogP) is 3.28. The van der Waals surface area contributed by atoms with Gasteiger partial charge >= 0.3 is 0 Å². The van der Waals surface area contributed by atoms with Gasteiger partial charge in [-0.2, -0.15) is 0 Å². The third kappa shape index (κ3) is 2.39. The molecule has 0 bridgehead atoms. The molecule has 1 unspecified atom stereocenters. The van der Waals surface area contributed by atoms with Crippen LogP contribution in [-0.4, -0.2) is 18.9 Å². The molecule has 2 aliphatic rings. The topological polar surface area (TPSA) is 44.5 Å². The van der Waals surface area contributed by atoms with Crippen molar-refractivity contribution in [3.05, 3.63) is 35.4 Å². The second-order valence-electron chi connectivity index (χ2n) is 6.60. The number of benzene rings is 1. The van der Waals surface area contributed by atoms with E-state index in [2.05, 4.69) is 24.3 Å². The molecule has 2 N–H and O–H groups in total. The molecule has 1 saturated carbocycles. The average Bonchev–Trinajstić information content (AvgIpc) is 3.06. The van der Waals surface area contributed by atoms with E-state index in [1.165, 1.54) is 36.8 Å². The minimum atomic E-state index is -0.483. The fourth-order valence-electron chi connectivity index (χ4n) is 3.74. The number of ether oxygens (including phenoxy) is 2. The number of nitrogens with two attached hydrogens (primary N) is 1. The van der Waals surface area contributed by atoms with Crippen LogP contribution in [0.3, 0.4) is 0 Å². The summed E-state index contributed by atoms with van der Waals surface area (Å²) < 4.78 is 11.8. The first-order chi connectivity index (χ1) is 9.56. The van der Waals surface area contributed by atoms with Crippen molar-refractivity contribution >= 4 is 0 Å². The molecular formula is C17H25NO2. The summed E-state index contributed by atoms with van der Waals surface area (Å²) >= 11 is 0. The van der Waals surface area contributed by atoms with Crippen LogP contribution in [0.25, 0.3) is 0 Å². The molecule has 1 aliphatic carbocycles. The lowest BCUT2D eigenvalue weighted by atomic mass is 9.76. The van der Waals surface area contributed by atoms with Crippen LogP contribution in [-0.2, 0) is 14.9 Å². The van der Waals surface area contributed by atoms with Gasteiger partial charge in [-0.25, -0.2) is 0 Å². The summed E-state index contributed by atoms with van der Waals surface area (Å²) in [5.41, 5.74) is 8.94. The molecule has 1 saturated heterocycles. The summed E-state index contributed by atoms with van der Waals surface area (Å²) in [5.74, 6) is -0.483. The lowest BCUT2D eigenvalue weighted by Gasteiger charge is -2.31. The predicted molar refractivity (Wildman–Crippen MR) is 79.5 cm³/mol. The van der Waals surface area contributed by atoms with Crippen LogP contribution in [0.4, 0.5) is 0 Å². The Labute approximate surface area is 121 Å². The molecule has 0 amide bonds. The van der Waals surface area contributed by atoms with Crippen molar-refractivity contribution in [3.63, 3.8) is 0 Å². The van der Waals surface area contributed by atoms with Gasteiger partial charge < -0.3 is 15.2 Å². The van der Waals surface area contributed by atoms with Gasteiger partial charge in [0.1, 0.15) is 6.10 Å². The molecule has 20 heavy (non-hydrogen) atoms. The standard InChI is InChI=1S/C17H25NO2/c1-16(2)19-11-15(20-16)13-7-3-4-8-14(13)17(12-18)9-5-6-10-17/h3-4,7-8,15H,5-6,9-12,18H2,1-2H3. The van der Waals surface area contributed by atoms with E-state index in [-0.39, 0.29) is 11.5 Å². The normalized spacial score (nSPS) is 27.9. The molecule has 3 nitrogen and oxygen atoms in total. The lowest BCUT2D eigenvalue weighted by Crippen LogP contribution is -2.33. The minimum Gasteiger partial charge on any atom is -0.347 e. The smallest absolute Gasteiger partial charge is 0.163 e. The first-order valence-electron chi connectivity index (χ1n) is 7.68. The Hall–Kier alpha value is -0.900. The van der Waals surface area contributed by atoms with Crippen molar-refractivity contribution in [1.82, 2.24) is 0 Å². The molecular weight excluding hydrogens is 250 g/mol. The van der Waals surface area contributed by atoms with Gasteiger partial charge in [0.25, 0.3) is 0 Å². The molecule has 0 aromatic heterocycles. The highest BCUT2D eigenvalue weighted by molar-refractivity contribution is 5.37. The van der Waals surface area contributed by atoms with Gasteiger partial charge in [-0.1, -0.05) is 37.1 Å². The highest BCUT2D eigenvalue weighted by atomic mass is 16.7. The maximum atomic E-state index is 6.15. The SMILES string of the molecule is CC1(C)OCC(c2ccccc2C2(CN)CCCC2)O1. The second kappa shape index (κ2) is 5.14. The van der Waals surface area contributed by atoms with Crippen LogP contribution in [0.1, 0.15) is 56.8 Å². The van der Waals surface area contributed by atoms with Crippen LogP contribution in [0.15, 0.2) is 24.3 Å². The fourth-order valence-corrected chi connectivity index (χ4v) is 3.74. The maximum absolute atomic E-state index is 6.15. The molecule has 1 heterocycles. The number of rotatable bonds is 3. The van der Waals surface area contributed by atoms with E-state index < -0.39 is 5.79 Å². The van der Waals surface area contributed by atoms with Crippen LogP contribution in [0.2, 0.25) is 0 Å². The highest BCUT2D eigenvalue weighted by Crippen LogP contribution is 2.45. The van der Waals surface area contributed by atoms with E-state index in [0.717, 1.165) is 6.54 Å². The summed E-state index contributed by atoms with van der Waals surface area (Å²) in [4.78, 5) is 0. The quantitative estimate of drug-likeness (QED) is 0.920. The van der Waals surface area contributed by atoms with E-state index >= 15 is 0 Å².